The highest BCUT2D eigenvalue weighted by atomic mass is 14.0. The topological polar surface area (TPSA) is 0 Å². The lowest BCUT2D eigenvalue weighted by atomic mass is 10.0. The fraction of sp³-hybridized carbons (Fsp3) is 0.586. The van der Waals surface area contributed by atoms with Crippen molar-refractivity contribution in [2.45, 2.75) is 110 Å². The first kappa shape index (κ1) is 23.7. The predicted molar refractivity (Wildman–Crippen MR) is 132 cm³/mol. The Morgan fingerprint density at radius 1 is 0.552 bits per heavy atom. The second-order valence-corrected chi connectivity index (χ2v) is 8.72. The van der Waals surface area contributed by atoms with E-state index < -0.39 is 0 Å². The summed E-state index contributed by atoms with van der Waals surface area (Å²) < 4.78 is 0. The largest absolute Gasteiger partial charge is 0.0885 e. The van der Waals surface area contributed by atoms with Crippen molar-refractivity contribution in [3.63, 3.8) is 0 Å². The third kappa shape index (κ3) is 11.3. The second-order valence-electron chi connectivity index (χ2n) is 8.72. The zero-order valence-corrected chi connectivity index (χ0v) is 19.0. The lowest BCUT2D eigenvalue weighted by Crippen LogP contribution is -1.87. The quantitative estimate of drug-likeness (QED) is 0.185. The molecule has 0 N–H and O–H groups in total. The molecule has 0 saturated carbocycles. The van der Waals surface area contributed by atoms with Gasteiger partial charge in [-0.3, -0.25) is 0 Å². The van der Waals surface area contributed by atoms with Gasteiger partial charge in [0, 0.05) is 0 Å². The van der Waals surface area contributed by atoms with E-state index >= 15 is 0 Å². The van der Waals surface area contributed by atoms with Crippen molar-refractivity contribution in [2.24, 2.45) is 0 Å². The standard InChI is InChI=1S/C29H44/c1-2-3-4-5-6-7-8-9-10-11-12-13-14-15-16-17-18-21-27-24-25-28-22-19-20-23-29(28)26-27/h4-5,19-20,22-26H,2-3,6-18,21H2,1H3/b5-4+. The number of benzene rings is 2. The molecule has 0 amide bonds. The normalized spacial score (nSPS) is 11.6. The third-order valence-electron chi connectivity index (χ3n) is 6.02. The molecule has 0 aliphatic carbocycles. The minimum Gasteiger partial charge on any atom is -0.0885 e. The van der Waals surface area contributed by atoms with Crippen molar-refractivity contribution >= 4 is 10.8 Å². The summed E-state index contributed by atoms with van der Waals surface area (Å²) in [6.07, 6.45) is 26.9. The van der Waals surface area contributed by atoms with Gasteiger partial charge >= 0.3 is 0 Å². The molecule has 0 spiro atoms. The molecule has 0 bridgehead atoms. The van der Waals surface area contributed by atoms with E-state index in [2.05, 4.69) is 61.5 Å². The monoisotopic (exact) mass is 392 g/mol. The molecule has 0 aliphatic heterocycles. The van der Waals surface area contributed by atoms with Crippen LogP contribution >= 0.6 is 0 Å². The first-order valence-electron chi connectivity index (χ1n) is 12.5. The Morgan fingerprint density at radius 2 is 1.10 bits per heavy atom. The molecule has 29 heavy (non-hydrogen) atoms. The highest BCUT2D eigenvalue weighted by molar-refractivity contribution is 5.82. The molecule has 0 atom stereocenters. The molecule has 0 heteroatoms. The molecule has 0 aliphatic rings. The van der Waals surface area contributed by atoms with Crippen LogP contribution in [-0.4, -0.2) is 0 Å². The third-order valence-corrected chi connectivity index (χ3v) is 6.02. The van der Waals surface area contributed by atoms with Crippen LogP contribution in [-0.2, 0) is 6.42 Å². The molecule has 160 valence electrons. The van der Waals surface area contributed by atoms with E-state index in [-0.39, 0.29) is 0 Å². The minimum absolute atomic E-state index is 1.24. The van der Waals surface area contributed by atoms with Crippen LogP contribution in [0.25, 0.3) is 10.8 Å². The molecule has 0 fully saturated rings. The van der Waals surface area contributed by atoms with Crippen LogP contribution in [0.15, 0.2) is 54.6 Å². The van der Waals surface area contributed by atoms with E-state index in [1.165, 1.54) is 119 Å². The molecule has 0 heterocycles. The molecule has 0 aromatic heterocycles. The van der Waals surface area contributed by atoms with Crippen LogP contribution in [0.4, 0.5) is 0 Å². The van der Waals surface area contributed by atoms with Gasteiger partial charge in [0.05, 0.1) is 0 Å². The van der Waals surface area contributed by atoms with Gasteiger partial charge in [-0.15, -0.1) is 0 Å². The Bertz CT molecular complexity index is 667. The highest BCUT2D eigenvalue weighted by Gasteiger charge is 1.98. The number of hydrogen-bond donors (Lipinski definition) is 0. The lowest BCUT2D eigenvalue weighted by Gasteiger charge is -2.05. The SMILES string of the molecule is CCC/C=C/CCCCCCCCCCCCCCc1ccc2ccccc2c1. The zero-order chi connectivity index (χ0) is 20.4. The van der Waals surface area contributed by atoms with Crippen LogP contribution in [0.3, 0.4) is 0 Å². The number of aryl methyl sites for hydroxylation is 1. The predicted octanol–water partition coefficient (Wildman–Crippen LogP) is 9.81. The van der Waals surface area contributed by atoms with Gasteiger partial charge in [0.25, 0.3) is 0 Å². The summed E-state index contributed by atoms with van der Waals surface area (Å²) in [6, 6.07) is 15.6. The molecule has 2 rings (SSSR count). The van der Waals surface area contributed by atoms with Crippen LogP contribution in [0.2, 0.25) is 0 Å². The van der Waals surface area contributed by atoms with E-state index in [1.54, 1.807) is 0 Å². The van der Waals surface area contributed by atoms with Gasteiger partial charge in [0.15, 0.2) is 0 Å². The number of allylic oxidation sites excluding steroid dienone is 2. The first-order valence-corrected chi connectivity index (χ1v) is 12.5. The Kier molecular flexibility index (Phi) is 13.3. The molecular weight excluding hydrogens is 348 g/mol. The molecule has 0 nitrogen and oxygen atoms in total. The van der Waals surface area contributed by atoms with Crippen LogP contribution in [0, 0.1) is 0 Å². The summed E-state index contributed by atoms with van der Waals surface area (Å²) in [5, 5.41) is 2.74. The average Bonchev–Trinajstić information content (AvgIpc) is 2.76. The summed E-state index contributed by atoms with van der Waals surface area (Å²) in [6.45, 7) is 2.25. The summed E-state index contributed by atoms with van der Waals surface area (Å²) in [5.41, 5.74) is 1.50. The van der Waals surface area contributed by atoms with Crippen molar-refractivity contribution in [3.8, 4) is 0 Å². The van der Waals surface area contributed by atoms with Crippen molar-refractivity contribution in [1.82, 2.24) is 0 Å². The maximum atomic E-state index is 2.38. The minimum atomic E-state index is 1.24. The van der Waals surface area contributed by atoms with E-state index in [4.69, 9.17) is 0 Å². The Balaban J connectivity index is 1.34. The Morgan fingerprint density at radius 3 is 1.76 bits per heavy atom. The molecule has 2 aromatic rings. The second kappa shape index (κ2) is 16.3. The highest BCUT2D eigenvalue weighted by Crippen LogP contribution is 2.18. The molecule has 0 radical (unpaired) electrons. The number of hydrogen-bond acceptors (Lipinski definition) is 0. The molecular formula is C29H44. The fourth-order valence-electron chi connectivity index (χ4n) is 4.16. The number of unbranched alkanes of at least 4 members (excludes halogenated alkanes) is 13. The van der Waals surface area contributed by atoms with Gasteiger partial charge in [-0.1, -0.05) is 132 Å². The van der Waals surface area contributed by atoms with Crippen molar-refractivity contribution in [3.05, 3.63) is 60.2 Å². The summed E-state index contributed by atoms with van der Waals surface area (Å²) in [5.74, 6) is 0. The van der Waals surface area contributed by atoms with E-state index in [1.807, 2.05) is 0 Å². The van der Waals surface area contributed by atoms with Crippen LogP contribution < -0.4 is 0 Å². The van der Waals surface area contributed by atoms with Crippen LogP contribution in [0.5, 0.6) is 0 Å². The van der Waals surface area contributed by atoms with Gasteiger partial charge in [0.2, 0.25) is 0 Å². The van der Waals surface area contributed by atoms with E-state index in [0.717, 1.165) is 0 Å². The number of rotatable bonds is 17. The fourth-order valence-corrected chi connectivity index (χ4v) is 4.16. The Labute approximate surface area is 180 Å². The van der Waals surface area contributed by atoms with E-state index in [0.29, 0.717) is 0 Å². The zero-order valence-electron chi connectivity index (χ0n) is 19.0. The molecule has 2 aromatic carbocycles. The van der Waals surface area contributed by atoms with Gasteiger partial charge in [-0.2, -0.15) is 0 Å². The van der Waals surface area contributed by atoms with Crippen molar-refractivity contribution in [1.29, 1.82) is 0 Å². The Hall–Kier alpha value is -1.56. The summed E-state index contributed by atoms with van der Waals surface area (Å²) >= 11 is 0. The number of fused-ring (bicyclic) bond motifs is 1. The smallest absolute Gasteiger partial charge is 0.0181 e. The van der Waals surface area contributed by atoms with E-state index in [9.17, 15) is 0 Å². The van der Waals surface area contributed by atoms with Gasteiger partial charge in [-0.25, -0.2) is 0 Å². The first-order chi connectivity index (χ1) is 14.4. The molecule has 0 saturated heterocycles. The molecule has 0 unspecified atom stereocenters. The maximum absolute atomic E-state index is 2.38. The van der Waals surface area contributed by atoms with Crippen molar-refractivity contribution < 1.29 is 0 Å². The van der Waals surface area contributed by atoms with Crippen LogP contribution in [0.1, 0.15) is 109 Å². The lowest BCUT2D eigenvalue weighted by molar-refractivity contribution is 0.541. The van der Waals surface area contributed by atoms with Gasteiger partial charge < -0.3 is 0 Å². The average molecular weight is 393 g/mol. The summed E-state index contributed by atoms with van der Waals surface area (Å²) in [7, 11) is 0. The van der Waals surface area contributed by atoms with Gasteiger partial charge in [0.1, 0.15) is 0 Å². The van der Waals surface area contributed by atoms with Crippen molar-refractivity contribution in [2.75, 3.05) is 0 Å². The van der Waals surface area contributed by atoms with Gasteiger partial charge in [-0.05, 0) is 48.4 Å². The maximum Gasteiger partial charge on any atom is -0.0181 e. The summed E-state index contributed by atoms with van der Waals surface area (Å²) in [4.78, 5) is 0.